The molecule has 15 heteroatoms. The zero-order chi connectivity index (χ0) is 53.1. The summed E-state index contributed by atoms with van der Waals surface area (Å²) in [6.07, 6.45) is 1.17. The fourth-order valence-corrected chi connectivity index (χ4v) is 14.3. The summed E-state index contributed by atoms with van der Waals surface area (Å²) in [5, 5.41) is 34.3. The maximum Gasteiger partial charge on any atom is 0.337 e. The number of carboxylic acid groups (broad SMARTS) is 3. The van der Waals surface area contributed by atoms with E-state index in [0.29, 0.717) is 33.3 Å². The number of likely N-dealkylation sites (tertiary alicyclic amines) is 3. The number of rotatable bonds is 15. The number of hydrogen-bond acceptors (Lipinski definition) is 9. The summed E-state index contributed by atoms with van der Waals surface area (Å²) in [6, 6.07) is 24.0. The minimum absolute atomic E-state index is 0.195. The van der Waals surface area contributed by atoms with Gasteiger partial charge in [-0.2, -0.15) is 0 Å². The van der Waals surface area contributed by atoms with Gasteiger partial charge in [0.1, 0.15) is 18.1 Å². The maximum atomic E-state index is 15.6. The number of nitrogens with zero attached hydrogens (tertiary/aromatic N) is 6. The first kappa shape index (κ1) is 54.1. The van der Waals surface area contributed by atoms with Crippen molar-refractivity contribution in [3.63, 3.8) is 0 Å². The number of aliphatic carboxylic acids is 3. The topological polar surface area (TPSA) is 188 Å². The van der Waals surface area contributed by atoms with Gasteiger partial charge in [-0.05, 0) is 156 Å². The van der Waals surface area contributed by atoms with Crippen molar-refractivity contribution in [2.45, 2.75) is 193 Å². The average molecular weight is 991 g/mol. The molecule has 3 fully saturated rings. The van der Waals surface area contributed by atoms with Crippen molar-refractivity contribution in [2.75, 3.05) is 0 Å². The Labute approximate surface area is 424 Å². The predicted molar refractivity (Wildman–Crippen MR) is 278 cm³/mol. The molecule has 0 amide bonds. The smallest absolute Gasteiger partial charge is 0.337 e. The number of aromatic nitrogens is 3. The molecule has 390 valence electrons. The molecule has 0 spiro atoms. The molecule has 3 N–H and O–H groups in total. The maximum absolute atomic E-state index is 15.6. The summed E-state index contributed by atoms with van der Waals surface area (Å²) >= 11 is 0. The van der Waals surface area contributed by atoms with E-state index >= 15 is 14.4 Å². The standard InChI is InChI=1S/C57H78N6O9/c1-52(2)28-40(29-53(3,4)58(52)34-37-22-16-13-17-23-37)43(46(64)65)61-49(70)62(44(47(66)67)41-30-54(5,6)59(55(7,8)31-41)35-38-24-18-14-19-25-38)51(72)63(50(61)71)45(48(68)69)42-32-56(9,10)60(57(11,12)33-42)36-39-26-20-15-21-27-39/h13-27,40-45H,28-36H2,1-12H3,(H,64,65)(H,66,67)(H,68,69). The highest BCUT2D eigenvalue weighted by Gasteiger charge is 2.54. The van der Waals surface area contributed by atoms with E-state index < -0.39 is 104 Å². The van der Waals surface area contributed by atoms with Crippen molar-refractivity contribution in [1.29, 1.82) is 0 Å². The Morgan fingerprint density at radius 3 is 0.736 bits per heavy atom. The van der Waals surface area contributed by atoms with E-state index in [1.807, 2.05) is 174 Å². The lowest BCUT2D eigenvalue weighted by molar-refractivity contribution is -0.147. The second-order valence-corrected chi connectivity index (χ2v) is 24.9. The highest BCUT2D eigenvalue weighted by molar-refractivity contribution is 5.74. The second kappa shape index (κ2) is 19.7. The van der Waals surface area contributed by atoms with Crippen LogP contribution >= 0.6 is 0 Å². The third-order valence-corrected chi connectivity index (χ3v) is 16.7. The Morgan fingerprint density at radius 1 is 0.389 bits per heavy atom. The van der Waals surface area contributed by atoms with Gasteiger partial charge in [0.05, 0.1) is 0 Å². The molecule has 3 aliphatic heterocycles. The molecule has 7 rings (SSSR count). The molecule has 3 saturated heterocycles. The summed E-state index contributed by atoms with van der Waals surface area (Å²) in [5.74, 6) is -7.25. The number of carbonyl (C=O) groups is 3. The molecular formula is C57H78N6O9. The predicted octanol–water partition coefficient (Wildman–Crippen LogP) is 8.46. The van der Waals surface area contributed by atoms with Crippen molar-refractivity contribution in [2.24, 2.45) is 17.8 Å². The van der Waals surface area contributed by atoms with Gasteiger partial charge in [0.25, 0.3) is 0 Å². The van der Waals surface area contributed by atoms with E-state index in [1.165, 1.54) is 0 Å². The van der Waals surface area contributed by atoms with Gasteiger partial charge in [-0.25, -0.2) is 42.5 Å². The first-order chi connectivity index (χ1) is 33.4. The number of carboxylic acids is 3. The van der Waals surface area contributed by atoms with Crippen molar-refractivity contribution in [3.8, 4) is 0 Å². The third kappa shape index (κ3) is 10.6. The lowest BCUT2D eigenvalue weighted by Gasteiger charge is -2.56. The molecule has 0 saturated carbocycles. The monoisotopic (exact) mass is 991 g/mol. The van der Waals surface area contributed by atoms with Crippen LogP contribution in [0.1, 0.15) is 156 Å². The van der Waals surface area contributed by atoms with Crippen LogP contribution in [0, 0.1) is 17.8 Å². The van der Waals surface area contributed by atoms with Crippen LogP contribution in [0.5, 0.6) is 0 Å². The number of hydrogen-bond donors (Lipinski definition) is 3. The second-order valence-electron chi connectivity index (χ2n) is 24.9. The van der Waals surface area contributed by atoms with E-state index in [1.54, 1.807) is 0 Å². The minimum Gasteiger partial charge on any atom is -0.480 e. The van der Waals surface area contributed by atoms with Crippen LogP contribution in [0.15, 0.2) is 105 Å². The Balaban J connectivity index is 1.42. The summed E-state index contributed by atoms with van der Waals surface area (Å²) in [5.41, 5.74) is -5.19. The molecule has 3 aromatic carbocycles. The quantitative estimate of drug-likeness (QED) is 0.103. The highest BCUT2D eigenvalue weighted by Crippen LogP contribution is 2.49. The lowest BCUT2D eigenvalue weighted by Crippen LogP contribution is -2.66. The molecule has 3 aliphatic rings. The van der Waals surface area contributed by atoms with Gasteiger partial charge in [0.2, 0.25) is 0 Å². The number of piperidine rings is 3. The summed E-state index contributed by atoms with van der Waals surface area (Å²) in [4.78, 5) is 95.9. The minimum atomic E-state index is -1.90. The molecule has 72 heavy (non-hydrogen) atoms. The molecule has 15 nitrogen and oxygen atoms in total. The Hall–Kier alpha value is -5.64. The first-order valence-corrected chi connectivity index (χ1v) is 25.5. The molecule has 4 heterocycles. The zero-order valence-electron chi connectivity index (χ0n) is 44.5. The van der Waals surface area contributed by atoms with E-state index in [0.717, 1.165) is 16.7 Å². The lowest BCUT2D eigenvalue weighted by atomic mass is 9.70. The fraction of sp³-hybridized carbons (Fsp3) is 0.579. The van der Waals surface area contributed by atoms with Gasteiger partial charge in [-0.15, -0.1) is 0 Å². The largest absolute Gasteiger partial charge is 0.480 e. The van der Waals surface area contributed by atoms with Gasteiger partial charge in [0.15, 0.2) is 0 Å². The fourth-order valence-electron chi connectivity index (χ4n) is 14.3. The van der Waals surface area contributed by atoms with Crippen molar-refractivity contribution in [3.05, 3.63) is 139 Å². The molecule has 0 aliphatic carbocycles. The molecule has 4 aromatic rings. The zero-order valence-corrected chi connectivity index (χ0v) is 44.5. The van der Waals surface area contributed by atoms with Crippen molar-refractivity contribution in [1.82, 2.24) is 28.4 Å². The van der Waals surface area contributed by atoms with Crippen molar-refractivity contribution >= 4 is 17.9 Å². The summed E-state index contributed by atoms with van der Waals surface area (Å²) < 4.78 is 1.59. The first-order valence-electron chi connectivity index (χ1n) is 25.5. The van der Waals surface area contributed by atoms with Crippen LogP contribution < -0.4 is 17.1 Å². The average Bonchev–Trinajstić information content (AvgIpc) is 3.26. The van der Waals surface area contributed by atoms with Crippen LogP contribution in [0.3, 0.4) is 0 Å². The van der Waals surface area contributed by atoms with E-state index in [9.17, 15) is 29.7 Å². The van der Waals surface area contributed by atoms with E-state index in [-0.39, 0.29) is 38.5 Å². The third-order valence-electron chi connectivity index (χ3n) is 16.7. The van der Waals surface area contributed by atoms with Crippen LogP contribution in [-0.4, -0.2) is 94.9 Å². The van der Waals surface area contributed by atoms with Crippen LogP contribution in [-0.2, 0) is 34.0 Å². The van der Waals surface area contributed by atoms with E-state index in [4.69, 9.17) is 0 Å². The molecular weight excluding hydrogens is 913 g/mol. The normalized spacial score (nSPS) is 22.7. The van der Waals surface area contributed by atoms with Gasteiger partial charge >= 0.3 is 35.0 Å². The molecule has 3 atom stereocenters. The molecule has 3 unspecified atom stereocenters. The van der Waals surface area contributed by atoms with Gasteiger partial charge in [-0.3, -0.25) is 14.7 Å². The van der Waals surface area contributed by atoms with E-state index in [2.05, 4.69) is 14.7 Å². The van der Waals surface area contributed by atoms with Crippen LogP contribution in [0.25, 0.3) is 0 Å². The van der Waals surface area contributed by atoms with Crippen LogP contribution in [0.2, 0.25) is 0 Å². The SMILES string of the molecule is CC1(C)CC(C(C(=O)O)n2c(=O)n(C(C(=O)O)C3CC(C)(C)N(Cc4ccccc4)C(C)(C)C3)c(=O)n(C(C(=O)O)C3CC(C)(C)N(Cc4ccccc4)C(C)(C)C3)c2=O)CC(C)(C)N1Cc1ccccc1. The Bertz CT molecular complexity index is 2420. The molecule has 0 radical (unpaired) electrons. The van der Waals surface area contributed by atoms with Gasteiger partial charge in [0, 0.05) is 52.9 Å². The summed E-state index contributed by atoms with van der Waals surface area (Å²) in [7, 11) is 0. The van der Waals surface area contributed by atoms with Crippen molar-refractivity contribution < 1.29 is 29.7 Å². The Kier molecular flexibility index (Phi) is 14.8. The van der Waals surface area contributed by atoms with Gasteiger partial charge in [-0.1, -0.05) is 91.0 Å². The Morgan fingerprint density at radius 2 is 0.569 bits per heavy atom. The van der Waals surface area contributed by atoms with Crippen LogP contribution in [0.4, 0.5) is 0 Å². The molecule has 0 bridgehead atoms. The molecule has 1 aromatic heterocycles. The number of benzene rings is 3. The van der Waals surface area contributed by atoms with Gasteiger partial charge < -0.3 is 15.3 Å². The summed E-state index contributed by atoms with van der Waals surface area (Å²) in [6.45, 7) is 25.5. The highest BCUT2D eigenvalue weighted by atomic mass is 16.4.